The average Bonchev–Trinajstić information content (AvgIpc) is 2.38. The molecule has 0 N–H and O–H groups in total. The van der Waals surface area contributed by atoms with Crippen molar-refractivity contribution in [2.45, 2.75) is 90.0 Å². The molecule has 0 saturated carbocycles. The lowest BCUT2D eigenvalue weighted by atomic mass is 10.1. The van der Waals surface area contributed by atoms with E-state index in [0.29, 0.717) is 0 Å². The molecule has 0 rings (SSSR count). The fraction of sp³-hybridized carbons (Fsp3) is 0.875. The van der Waals surface area contributed by atoms with Crippen molar-refractivity contribution >= 4 is 39.2 Å². The van der Waals surface area contributed by atoms with E-state index < -0.39 is 6.00 Å². The second kappa shape index (κ2) is 14.8. The van der Waals surface area contributed by atoms with Gasteiger partial charge >= 0.3 is 6.00 Å². The predicted molar refractivity (Wildman–Crippen MR) is 98.3 cm³/mol. The summed E-state index contributed by atoms with van der Waals surface area (Å²) in [6.45, 7) is 2.27. The van der Waals surface area contributed by atoms with E-state index in [1.54, 1.807) is 0 Å². The second-order valence-corrected chi connectivity index (χ2v) is 14.9. The Morgan fingerprint density at radius 3 is 1.60 bits per heavy atom. The lowest BCUT2D eigenvalue weighted by Crippen LogP contribution is -2.07. The van der Waals surface area contributed by atoms with Gasteiger partial charge in [-0.15, -0.1) is 33.2 Å². The first-order valence-electron chi connectivity index (χ1n) is 8.28. The van der Waals surface area contributed by atoms with E-state index in [1.807, 2.05) is 0 Å². The molecule has 0 saturated heterocycles. The first-order chi connectivity index (χ1) is 9.56. The highest BCUT2D eigenvalue weighted by Crippen LogP contribution is 2.27. The molecule has 0 radical (unpaired) electrons. The van der Waals surface area contributed by atoms with Crippen molar-refractivity contribution in [2.75, 3.05) is 0 Å². The molecule has 120 valence electrons. The molecule has 0 spiro atoms. The van der Waals surface area contributed by atoms with Crippen molar-refractivity contribution < 1.29 is 0 Å². The summed E-state index contributed by atoms with van der Waals surface area (Å²) in [7, 11) is 0. The second-order valence-electron chi connectivity index (χ2n) is 5.60. The summed E-state index contributed by atoms with van der Waals surface area (Å²) >= 11 is 17.5. The molecule has 0 bridgehead atoms. The summed E-state index contributed by atoms with van der Waals surface area (Å²) in [5, 5.41) is 0. The minimum absolute atomic E-state index is 0.795. The van der Waals surface area contributed by atoms with Crippen LogP contribution in [0.1, 0.15) is 84.0 Å². The minimum Gasteiger partial charge on any atom is -0.126 e. The van der Waals surface area contributed by atoms with E-state index in [-0.39, 0.29) is 0 Å². The number of hydrogen-bond acceptors (Lipinski definition) is 0. The summed E-state index contributed by atoms with van der Waals surface area (Å²) in [5.41, 5.74) is 0. The van der Waals surface area contributed by atoms with E-state index in [1.165, 1.54) is 57.8 Å². The molecule has 0 heterocycles. The van der Waals surface area contributed by atoms with Crippen molar-refractivity contribution in [3.63, 3.8) is 0 Å². The Labute approximate surface area is 141 Å². The number of unbranched alkanes of at least 4 members (excludes halogenated alkanes) is 10. The van der Waals surface area contributed by atoms with E-state index in [2.05, 4.69) is 19.1 Å². The molecule has 0 aromatic heterocycles. The fourth-order valence-corrected chi connectivity index (χ4v) is 4.07. The van der Waals surface area contributed by atoms with Gasteiger partial charge in [-0.1, -0.05) is 70.4 Å². The van der Waals surface area contributed by atoms with Gasteiger partial charge < -0.3 is 0 Å². The van der Waals surface area contributed by atoms with Crippen LogP contribution in [0.5, 0.6) is 0 Å². The molecule has 0 aliphatic heterocycles. The van der Waals surface area contributed by atoms with Gasteiger partial charge in [0.1, 0.15) is 0 Å². The van der Waals surface area contributed by atoms with Crippen LogP contribution in [0.2, 0.25) is 6.04 Å². The normalized spacial score (nSPS) is 12.4. The molecule has 0 aromatic rings. The number of hydrogen-bond donors (Lipinski definition) is 0. The zero-order valence-corrected chi connectivity index (χ0v) is 16.2. The van der Waals surface area contributed by atoms with Gasteiger partial charge in [0, 0.05) is 0 Å². The molecular weight excluding hydrogens is 327 g/mol. The van der Waals surface area contributed by atoms with Gasteiger partial charge in [0.2, 0.25) is 0 Å². The van der Waals surface area contributed by atoms with Gasteiger partial charge in [-0.25, -0.2) is 0 Å². The Balaban J connectivity index is 3.13. The summed E-state index contributed by atoms with van der Waals surface area (Å²) in [6.07, 6.45) is 20.3. The quantitative estimate of drug-likeness (QED) is 0.128. The van der Waals surface area contributed by atoms with Crippen LogP contribution in [-0.4, -0.2) is 6.00 Å². The fourth-order valence-electron chi connectivity index (χ4n) is 2.22. The third kappa shape index (κ3) is 18.8. The molecule has 0 fully saturated rings. The third-order valence-electron chi connectivity index (χ3n) is 3.47. The maximum atomic E-state index is 5.84. The summed E-state index contributed by atoms with van der Waals surface area (Å²) in [4.78, 5) is 0. The highest BCUT2D eigenvalue weighted by molar-refractivity contribution is 7.64. The zero-order chi connectivity index (χ0) is 15.1. The number of halogens is 3. The summed E-state index contributed by atoms with van der Waals surface area (Å²) in [5.74, 6) is 0. The SMILES string of the molecule is CCCCCCCCCCC=CCCCC[Si](Cl)(Cl)Cl. The van der Waals surface area contributed by atoms with Crippen molar-refractivity contribution in [2.24, 2.45) is 0 Å². The Kier molecular flexibility index (Phi) is 15.4. The van der Waals surface area contributed by atoms with Crippen LogP contribution in [0.15, 0.2) is 12.2 Å². The van der Waals surface area contributed by atoms with Crippen LogP contribution in [0, 0.1) is 0 Å². The van der Waals surface area contributed by atoms with Crippen molar-refractivity contribution in [3.8, 4) is 0 Å². The minimum atomic E-state index is -2.37. The summed E-state index contributed by atoms with van der Waals surface area (Å²) in [6, 6.07) is -1.57. The molecule has 20 heavy (non-hydrogen) atoms. The van der Waals surface area contributed by atoms with Crippen LogP contribution in [0.25, 0.3) is 0 Å². The Hall–Kier alpha value is 0.827. The topological polar surface area (TPSA) is 0 Å². The first kappa shape index (κ1) is 20.8. The molecule has 0 aliphatic rings. The van der Waals surface area contributed by atoms with Crippen LogP contribution in [-0.2, 0) is 0 Å². The molecular formula is C16H31Cl3Si. The standard InChI is InChI=1S/C16H31Cl3Si/c1-2-3-4-5-6-7-8-9-10-11-12-13-14-15-16-20(17,18)19/h11-12H,2-10,13-16H2,1H3. The smallest absolute Gasteiger partial charge is 0.126 e. The average molecular weight is 358 g/mol. The maximum absolute atomic E-state index is 5.84. The van der Waals surface area contributed by atoms with Crippen molar-refractivity contribution in [1.82, 2.24) is 0 Å². The van der Waals surface area contributed by atoms with Crippen molar-refractivity contribution in [3.05, 3.63) is 12.2 Å². The van der Waals surface area contributed by atoms with E-state index in [0.717, 1.165) is 25.3 Å². The summed E-state index contributed by atoms with van der Waals surface area (Å²) < 4.78 is 0. The molecule has 0 nitrogen and oxygen atoms in total. The van der Waals surface area contributed by atoms with Crippen molar-refractivity contribution in [1.29, 1.82) is 0 Å². The number of allylic oxidation sites excluding steroid dienone is 2. The molecule has 0 unspecified atom stereocenters. The van der Waals surface area contributed by atoms with Crippen LogP contribution in [0.4, 0.5) is 0 Å². The third-order valence-corrected chi connectivity index (χ3v) is 6.09. The Morgan fingerprint density at radius 1 is 0.650 bits per heavy atom. The van der Waals surface area contributed by atoms with Gasteiger partial charge in [-0.05, 0) is 31.7 Å². The molecule has 4 heteroatoms. The van der Waals surface area contributed by atoms with Crippen LogP contribution in [0.3, 0.4) is 0 Å². The molecule has 0 aromatic carbocycles. The zero-order valence-electron chi connectivity index (χ0n) is 13.0. The Bertz CT molecular complexity index is 224. The Morgan fingerprint density at radius 2 is 1.10 bits per heavy atom. The number of rotatable bonds is 14. The highest BCUT2D eigenvalue weighted by atomic mass is 35.8. The van der Waals surface area contributed by atoms with E-state index in [9.17, 15) is 0 Å². The lowest BCUT2D eigenvalue weighted by Gasteiger charge is -2.05. The van der Waals surface area contributed by atoms with Gasteiger partial charge in [0.05, 0.1) is 0 Å². The monoisotopic (exact) mass is 356 g/mol. The highest BCUT2D eigenvalue weighted by Gasteiger charge is 2.23. The van der Waals surface area contributed by atoms with Gasteiger partial charge in [-0.2, -0.15) is 0 Å². The van der Waals surface area contributed by atoms with Crippen LogP contribution >= 0.6 is 33.2 Å². The molecule has 0 amide bonds. The largest absolute Gasteiger partial charge is 0.341 e. The lowest BCUT2D eigenvalue weighted by molar-refractivity contribution is 0.577. The molecule has 0 aliphatic carbocycles. The van der Waals surface area contributed by atoms with Gasteiger partial charge in [-0.3, -0.25) is 0 Å². The first-order valence-corrected chi connectivity index (χ1v) is 13.5. The van der Waals surface area contributed by atoms with Gasteiger partial charge in [0.25, 0.3) is 0 Å². The maximum Gasteiger partial charge on any atom is 0.341 e. The van der Waals surface area contributed by atoms with E-state index in [4.69, 9.17) is 33.2 Å². The van der Waals surface area contributed by atoms with Gasteiger partial charge in [0.15, 0.2) is 0 Å². The predicted octanol–water partition coefficient (Wildman–Crippen LogP) is 7.90. The van der Waals surface area contributed by atoms with Crippen LogP contribution < -0.4 is 0 Å². The molecule has 0 atom stereocenters. The van der Waals surface area contributed by atoms with E-state index >= 15 is 0 Å².